The summed E-state index contributed by atoms with van der Waals surface area (Å²) in [7, 11) is 1.39. The smallest absolute Gasteiger partial charge is 0.305 e. The highest BCUT2D eigenvalue weighted by molar-refractivity contribution is 5.99. The molecule has 0 saturated carbocycles. The van der Waals surface area contributed by atoms with Crippen LogP contribution in [0.2, 0.25) is 0 Å². The van der Waals surface area contributed by atoms with Gasteiger partial charge >= 0.3 is 5.97 Å². The van der Waals surface area contributed by atoms with Crippen molar-refractivity contribution in [2.24, 2.45) is 5.92 Å². The van der Waals surface area contributed by atoms with Gasteiger partial charge in [0.25, 0.3) is 0 Å². The predicted molar refractivity (Wildman–Crippen MR) is 198 cm³/mol. The number of carbonyl (C=O) groups excluding carboxylic acids is 6. The minimum atomic E-state index is -1.55. The van der Waals surface area contributed by atoms with Crippen molar-refractivity contribution in [3.8, 4) is 0 Å². The van der Waals surface area contributed by atoms with Crippen LogP contribution in [0.5, 0.6) is 0 Å². The van der Waals surface area contributed by atoms with Gasteiger partial charge in [0.05, 0.1) is 6.42 Å². The molecule has 14 nitrogen and oxygen atoms in total. The summed E-state index contributed by atoms with van der Waals surface area (Å²) >= 11 is 0. The highest BCUT2D eigenvalue weighted by Crippen LogP contribution is 2.25. The summed E-state index contributed by atoms with van der Waals surface area (Å²) in [5, 5.41) is 18.3. The Hall–Kier alpha value is -5.27. The van der Waals surface area contributed by atoms with Crippen molar-refractivity contribution in [3.63, 3.8) is 0 Å². The van der Waals surface area contributed by atoms with Gasteiger partial charge in [0, 0.05) is 33.0 Å². The molecule has 7 atom stereocenters. The van der Waals surface area contributed by atoms with Gasteiger partial charge in [-0.25, -0.2) is 0 Å². The van der Waals surface area contributed by atoms with Crippen LogP contribution in [0.15, 0.2) is 60.7 Å². The van der Waals surface area contributed by atoms with Crippen LogP contribution in [0.25, 0.3) is 0 Å². The number of hydrogen-bond acceptors (Lipinski definition) is 7. The molecular weight excluding hydrogens is 692 g/mol. The highest BCUT2D eigenvalue weighted by Gasteiger charge is 2.44. The van der Waals surface area contributed by atoms with E-state index in [4.69, 9.17) is 0 Å². The minimum absolute atomic E-state index is 0.0570. The van der Waals surface area contributed by atoms with Gasteiger partial charge in [-0.1, -0.05) is 80.9 Å². The molecule has 0 unspecified atom stereocenters. The van der Waals surface area contributed by atoms with Gasteiger partial charge in [0.15, 0.2) is 0 Å². The molecule has 0 spiro atoms. The van der Waals surface area contributed by atoms with E-state index >= 15 is 0 Å². The Kier molecular flexibility index (Phi) is 13.4. The summed E-state index contributed by atoms with van der Waals surface area (Å²) in [5.74, 6) is -5.28. The van der Waals surface area contributed by atoms with E-state index in [2.05, 4.69) is 16.0 Å². The molecule has 0 radical (unpaired) electrons. The lowest BCUT2D eigenvalue weighted by Crippen LogP contribution is -2.63. The van der Waals surface area contributed by atoms with E-state index in [0.29, 0.717) is 32.1 Å². The molecule has 3 saturated heterocycles. The number of likely N-dealkylation sites (N-methyl/N-ethyl adjacent to an activating group) is 1. The summed E-state index contributed by atoms with van der Waals surface area (Å²) in [5.41, 5.74) is 1.50. The number of nitrogens with zero attached hydrogens (tertiary/aromatic N) is 3. The second-order valence-corrected chi connectivity index (χ2v) is 14.7. The van der Waals surface area contributed by atoms with Gasteiger partial charge in [0.1, 0.15) is 36.3 Å². The van der Waals surface area contributed by atoms with Crippen molar-refractivity contribution >= 4 is 41.4 Å². The molecule has 3 heterocycles. The van der Waals surface area contributed by atoms with E-state index in [1.165, 1.54) is 16.8 Å². The molecule has 54 heavy (non-hydrogen) atoms. The molecule has 4 N–H and O–H groups in total. The average molecular weight is 745 g/mol. The van der Waals surface area contributed by atoms with Crippen LogP contribution in [0, 0.1) is 5.92 Å². The van der Waals surface area contributed by atoms with E-state index in [-0.39, 0.29) is 38.3 Å². The number of carbonyl (C=O) groups is 7. The Morgan fingerprint density at radius 3 is 1.83 bits per heavy atom. The average Bonchev–Trinajstić information content (AvgIpc) is 3.68. The maximum absolute atomic E-state index is 14.6. The third kappa shape index (κ3) is 9.44. The van der Waals surface area contributed by atoms with Gasteiger partial charge in [-0.2, -0.15) is 0 Å². The number of amides is 6. The Bertz CT molecular complexity index is 1690. The Balaban J connectivity index is 1.59. The molecule has 0 aliphatic carbocycles. The standard InChI is InChI=1S/C40H52N6O8/c1-4-25(2)34-40(54)46-20-12-11-18-30(46)37(51)42-29(24-33(47)48)38(52)44(3)32(23-27-16-9-6-10-17-27)39(53)45-21-13-19-31(45)36(50)41-28(35(49)43-34)22-26-14-7-5-8-15-26/h5-10,14-17,25,28-32,34H,4,11-13,18-24H2,1-3H3,(H,41,50)(H,42,51)(H,43,49)(H,47,48)/t25-,28+,29-,30+,31-,32+,34-/m0/s1. The first-order valence-corrected chi connectivity index (χ1v) is 19.0. The molecule has 3 aliphatic rings. The molecule has 14 heteroatoms. The number of nitrogens with one attached hydrogen (secondary N) is 3. The molecule has 290 valence electrons. The summed E-state index contributed by atoms with van der Waals surface area (Å²) in [6.07, 6.45) is 2.22. The zero-order valence-electron chi connectivity index (χ0n) is 31.2. The molecule has 2 aromatic rings. The lowest BCUT2D eigenvalue weighted by Gasteiger charge is -2.39. The van der Waals surface area contributed by atoms with Gasteiger partial charge < -0.3 is 35.8 Å². The van der Waals surface area contributed by atoms with Gasteiger partial charge in [-0.3, -0.25) is 33.6 Å². The number of fused-ring (bicyclic) bond motifs is 2. The number of carboxylic acids is 1. The van der Waals surface area contributed by atoms with Gasteiger partial charge in [0.2, 0.25) is 35.4 Å². The normalized spacial score (nSPS) is 26.8. The molecule has 0 bridgehead atoms. The zero-order valence-corrected chi connectivity index (χ0v) is 31.2. The first-order chi connectivity index (χ1) is 25.9. The van der Waals surface area contributed by atoms with E-state index < -0.39 is 84.1 Å². The Morgan fingerprint density at radius 2 is 1.24 bits per heavy atom. The van der Waals surface area contributed by atoms with Gasteiger partial charge in [-0.05, 0) is 49.1 Å². The number of aliphatic carboxylic acids is 1. The summed E-state index contributed by atoms with van der Waals surface area (Å²) < 4.78 is 0. The van der Waals surface area contributed by atoms with Crippen LogP contribution in [0.3, 0.4) is 0 Å². The quantitative estimate of drug-likeness (QED) is 0.315. The monoisotopic (exact) mass is 744 g/mol. The number of hydrogen-bond donors (Lipinski definition) is 4. The summed E-state index contributed by atoms with van der Waals surface area (Å²) in [6.45, 7) is 4.14. The fourth-order valence-electron chi connectivity index (χ4n) is 7.67. The SMILES string of the molecule is CC[C@H](C)[C@@H]1NC(=O)[C@@H](Cc2ccccc2)NC(=O)[C@@H]2CCCN2C(=O)[C@@H](Cc2ccccc2)N(C)C(=O)[C@H](CC(=O)O)NC(=O)[C@H]2CCCCN2C1=O. The number of benzene rings is 2. The molecule has 0 aromatic heterocycles. The molecule has 3 aliphatic heterocycles. The first kappa shape index (κ1) is 39.9. The third-order valence-corrected chi connectivity index (χ3v) is 11.0. The zero-order chi connectivity index (χ0) is 38.9. The topological polar surface area (TPSA) is 186 Å². The number of carboxylic acid groups (broad SMARTS) is 1. The Labute approximate surface area is 316 Å². The number of rotatable bonds is 8. The van der Waals surface area contributed by atoms with Crippen LogP contribution in [-0.2, 0) is 46.4 Å². The van der Waals surface area contributed by atoms with E-state index in [0.717, 1.165) is 16.0 Å². The summed E-state index contributed by atoms with van der Waals surface area (Å²) in [4.78, 5) is 102. The predicted octanol–water partition coefficient (Wildman–Crippen LogP) is 1.66. The highest BCUT2D eigenvalue weighted by atomic mass is 16.4. The van der Waals surface area contributed by atoms with Crippen molar-refractivity contribution in [1.29, 1.82) is 0 Å². The van der Waals surface area contributed by atoms with Crippen LogP contribution >= 0.6 is 0 Å². The number of piperidine rings is 1. The van der Waals surface area contributed by atoms with Gasteiger partial charge in [-0.15, -0.1) is 0 Å². The molecule has 6 amide bonds. The van der Waals surface area contributed by atoms with Crippen LogP contribution in [0.4, 0.5) is 0 Å². The molecule has 5 rings (SSSR count). The molecule has 2 aromatic carbocycles. The van der Waals surface area contributed by atoms with Crippen molar-refractivity contribution in [2.75, 3.05) is 20.1 Å². The maximum Gasteiger partial charge on any atom is 0.305 e. The van der Waals surface area contributed by atoms with Crippen LogP contribution in [0.1, 0.15) is 69.9 Å². The second-order valence-electron chi connectivity index (χ2n) is 14.7. The van der Waals surface area contributed by atoms with Crippen molar-refractivity contribution in [1.82, 2.24) is 30.7 Å². The molecule has 3 fully saturated rings. The fraction of sp³-hybridized carbons (Fsp3) is 0.525. The van der Waals surface area contributed by atoms with E-state index in [9.17, 15) is 38.7 Å². The summed E-state index contributed by atoms with van der Waals surface area (Å²) in [6, 6.07) is 11.3. The lowest BCUT2D eigenvalue weighted by atomic mass is 9.93. The largest absolute Gasteiger partial charge is 0.481 e. The first-order valence-electron chi connectivity index (χ1n) is 19.0. The van der Waals surface area contributed by atoms with Crippen molar-refractivity contribution in [3.05, 3.63) is 71.8 Å². The molecular formula is C40H52N6O8. The maximum atomic E-state index is 14.6. The van der Waals surface area contributed by atoms with Crippen LogP contribution in [-0.4, -0.2) is 118 Å². The third-order valence-electron chi connectivity index (χ3n) is 11.0. The van der Waals surface area contributed by atoms with Crippen molar-refractivity contribution < 1.29 is 38.7 Å². The fourth-order valence-corrected chi connectivity index (χ4v) is 7.67. The lowest BCUT2D eigenvalue weighted by molar-refractivity contribution is -0.152. The van der Waals surface area contributed by atoms with Crippen LogP contribution < -0.4 is 16.0 Å². The van der Waals surface area contributed by atoms with Crippen molar-refractivity contribution in [2.45, 2.75) is 108 Å². The van der Waals surface area contributed by atoms with E-state index in [1.807, 2.05) is 50.2 Å². The second kappa shape index (κ2) is 18.2. The minimum Gasteiger partial charge on any atom is -0.481 e. The van der Waals surface area contributed by atoms with E-state index in [1.54, 1.807) is 24.3 Å². The Morgan fingerprint density at radius 1 is 0.704 bits per heavy atom.